The molecule has 2 rings (SSSR count). The molecule has 0 saturated carbocycles. The van der Waals surface area contributed by atoms with Crippen molar-refractivity contribution in [1.82, 2.24) is 16.0 Å². The Balaban J connectivity index is 1.85. The van der Waals surface area contributed by atoms with Crippen LogP contribution >= 0.6 is 0 Å². The number of para-hydroxylation sites is 1. The summed E-state index contributed by atoms with van der Waals surface area (Å²) >= 11 is 0. The molecular weight excluding hydrogens is 380 g/mol. The Morgan fingerprint density at radius 2 is 1.80 bits per heavy atom. The van der Waals surface area contributed by atoms with E-state index in [4.69, 9.17) is 9.47 Å². The van der Waals surface area contributed by atoms with Gasteiger partial charge in [0.1, 0.15) is 18.1 Å². The van der Waals surface area contributed by atoms with Gasteiger partial charge < -0.3 is 25.4 Å². The third-order valence-electron chi connectivity index (χ3n) is 4.14. The Morgan fingerprint density at radius 1 is 1.07 bits per heavy atom. The molecule has 0 fully saturated rings. The van der Waals surface area contributed by atoms with E-state index in [1.54, 1.807) is 37.5 Å². The Bertz CT molecular complexity index is 835. The summed E-state index contributed by atoms with van der Waals surface area (Å²) < 4.78 is 10.8. The number of nitrogens with zero attached hydrogens (tertiary/aromatic N) is 1. The number of guanidine groups is 1. The number of amides is 1. The van der Waals surface area contributed by atoms with Gasteiger partial charge in [0.2, 0.25) is 0 Å². The van der Waals surface area contributed by atoms with Crippen molar-refractivity contribution in [3.8, 4) is 11.5 Å². The SMILES string of the molecule is C=CCOc1ccccc1CN=C(NCC)NCCNC(=O)c1ccc(OC)cc1. The van der Waals surface area contributed by atoms with Gasteiger partial charge in [0, 0.05) is 30.8 Å². The van der Waals surface area contributed by atoms with Gasteiger partial charge in [-0.25, -0.2) is 4.99 Å². The summed E-state index contributed by atoms with van der Waals surface area (Å²) in [4.78, 5) is 16.8. The molecule has 0 unspecified atom stereocenters. The van der Waals surface area contributed by atoms with E-state index in [1.807, 2.05) is 31.2 Å². The lowest BCUT2D eigenvalue weighted by Crippen LogP contribution is -2.41. The molecule has 0 heterocycles. The van der Waals surface area contributed by atoms with E-state index in [-0.39, 0.29) is 5.91 Å². The van der Waals surface area contributed by atoms with Crippen molar-refractivity contribution in [3.63, 3.8) is 0 Å². The molecule has 30 heavy (non-hydrogen) atoms. The van der Waals surface area contributed by atoms with Crippen LogP contribution in [-0.2, 0) is 6.54 Å². The van der Waals surface area contributed by atoms with E-state index >= 15 is 0 Å². The zero-order valence-corrected chi connectivity index (χ0v) is 17.6. The number of ether oxygens (including phenoxy) is 2. The predicted molar refractivity (Wildman–Crippen MR) is 120 cm³/mol. The third-order valence-corrected chi connectivity index (χ3v) is 4.14. The molecule has 0 saturated heterocycles. The van der Waals surface area contributed by atoms with Crippen LogP contribution in [0.4, 0.5) is 0 Å². The largest absolute Gasteiger partial charge is 0.497 e. The number of nitrogens with one attached hydrogen (secondary N) is 3. The molecule has 2 aromatic carbocycles. The summed E-state index contributed by atoms with van der Waals surface area (Å²) in [5, 5.41) is 9.31. The maximum atomic E-state index is 12.2. The Kier molecular flexibility index (Phi) is 9.79. The van der Waals surface area contributed by atoms with E-state index in [0.29, 0.717) is 37.8 Å². The highest BCUT2D eigenvalue weighted by atomic mass is 16.5. The van der Waals surface area contributed by atoms with Crippen LogP contribution in [0.5, 0.6) is 11.5 Å². The molecule has 1 amide bonds. The number of hydrogen-bond acceptors (Lipinski definition) is 4. The van der Waals surface area contributed by atoms with Crippen LogP contribution in [0.15, 0.2) is 66.2 Å². The summed E-state index contributed by atoms with van der Waals surface area (Å²) in [6.45, 7) is 8.35. The van der Waals surface area contributed by atoms with Gasteiger partial charge in [0.05, 0.1) is 13.7 Å². The zero-order valence-electron chi connectivity index (χ0n) is 17.6. The standard InChI is InChI=1S/C23H30N4O3/c1-4-16-30-21-9-7-6-8-19(21)17-27-23(24-5-2)26-15-14-25-22(28)18-10-12-20(29-3)13-11-18/h4,6-13H,1,5,14-17H2,2-3H3,(H,25,28)(H2,24,26,27). The van der Waals surface area contributed by atoms with Crippen molar-refractivity contribution in [2.75, 3.05) is 33.4 Å². The molecule has 2 aromatic rings. The van der Waals surface area contributed by atoms with Gasteiger partial charge >= 0.3 is 0 Å². The topological polar surface area (TPSA) is 84.0 Å². The van der Waals surface area contributed by atoms with Crippen LogP contribution in [0.2, 0.25) is 0 Å². The van der Waals surface area contributed by atoms with Crippen LogP contribution < -0.4 is 25.4 Å². The number of benzene rings is 2. The molecule has 0 bridgehead atoms. The van der Waals surface area contributed by atoms with Crippen LogP contribution in [0.25, 0.3) is 0 Å². The minimum absolute atomic E-state index is 0.130. The maximum absolute atomic E-state index is 12.2. The fourth-order valence-corrected chi connectivity index (χ4v) is 2.63. The monoisotopic (exact) mass is 410 g/mol. The van der Waals surface area contributed by atoms with Gasteiger partial charge in [-0.1, -0.05) is 30.9 Å². The molecule has 3 N–H and O–H groups in total. The quantitative estimate of drug-likeness (QED) is 0.230. The Hall–Kier alpha value is -3.48. The summed E-state index contributed by atoms with van der Waals surface area (Å²) in [5.74, 6) is 2.06. The molecule has 0 aromatic heterocycles. The van der Waals surface area contributed by atoms with Crippen LogP contribution in [0.1, 0.15) is 22.8 Å². The van der Waals surface area contributed by atoms with Gasteiger partial charge in [-0.15, -0.1) is 0 Å². The lowest BCUT2D eigenvalue weighted by atomic mass is 10.2. The van der Waals surface area contributed by atoms with Gasteiger partial charge in [0.25, 0.3) is 5.91 Å². The molecular formula is C23H30N4O3. The minimum Gasteiger partial charge on any atom is -0.497 e. The number of rotatable bonds is 11. The Morgan fingerprint density at radius 3 is 2.50 bits per heavy atom. The Labute approximate surface area is 178 Å². The van der Waals surface area contributed by atoms with Gasteiger partial charge in [-0.05, 0) is 37.3 Å². The van der Waals surface area contributed by atoms with Gasteiger partial charge in [-0.2, -0.15) is 0 Å². The molecule has 0 radical (unpaired) electrons. The predicted octanol–water partition coefficient (Wildman–Crippen LogP) is 2.75. The molecule has 0 atom stereocenters. The van der Waals surface area contributed by atoms with Crippen molar-refractivity contribution in [2.45, 2.75) is 13.5 Å². The number of methoxy groups -OCH3 is 1. The fourth-order valence-electron chi connectivity index (χ4n) is 2.63. The molecule has 160 valence electrons. The summed E-state index contributed by atoms with van der Waals surface area (Å²) in [6, 6.07) is 14.8. The molecule has 7 nitrogen and oxygen atoms in total. The average molecular weight is 411 g/mol. The highest BCUT2D eigenvalue weighted by molar-refractivity contribution is 5.94. The summed E-state index contributed by atoms with van der Waals surface area (Å²) in [5.41, 5.74) is 1.58. The minimum atomic E-state index is -0.130. The fraction of sp³-hybridized carbons (Fsp3) is 0.304. The van der Waals surface area contributed by atoms with E-state index in [2.05, 4.69) is 27.5 Å². The molecule has 0 aliphatic heterocycles. The summed E-state index contributed by atoms with van der Waals surface area (Å²) in [6.07, 6.45) is 1.71. The molecule has 7 heteroatoms. The van der Waals surface area contributed by atoms with E-state index in [0.717, 1.165) is 23.6 Å². The van der Waals surface area contributed by atoms with Crippen LogP contribution in [-0.4, -0.2) is 45.2 Å². The van der Waals surface area contributed by atoms with E-state index in [1.165, 1.54) is 0 Å². The normalized spacial score (nSPS) is 10.8. The number of carbonyl (C=O) groups is 1. The second kappa shape index (κ2) is 12.9. The number of aliphatic imine (C=N–C) groups is 1. The molecule has 0 aliphatic carbocycles. The third kappa shape index (κ3) is 7.50. The van der Waals surface area contributed by atoms with Gasteiger partial charge in [0.15, 0.2) is 5.96 Å². The van der Waals surface area contributed by atoms with Crippen molar-refractivity contribution in [1.29, 1.82) is 0 Å². The number of carbonyl (C=O) groups excluding carboxylic acids is 1. The van der Waals surface area contributed by atoms with Gasteiger partial charge in [-0.3, -0.25) is 4.79 Å². The first kappa shape index (κ1) is 22.8. The second-order valence-electron chi connectivity index (χ2n) is 6.31. The van der Waals surface area contributed by atoms with Crippen molar-refractivity contribution < 1.29 is 14.3 Å². The van der Waals surface area contributed by atoms with Crippen molar-refractivity contribution in [3.05, 3.63) is 72.3 Å². The zero-order chi connectivity index (χ0) is 21.6. The van der Waals surface area contributed by atoms with E-state index in [9.17, 15) is 4.79 Å². The maximum Gasteiger partial charge on any atom is 0.251 e. The van der Waals surface area contributed by atoms with E-state index < -0.39 is 0 Å². The highest BCUT2D eigenvalue weighted by Gasteiger charge is 2.06. The first-order valence-electron chi connectivity index (χ1n) is 9.94. The number of hydrogen-bond donors (Lipinski definition) is 3. The molecule has 0 aliphatic rings. The highest BCUT2D eigenvalue weighted by Crippen LogP contribution is 2.18. The smallest absolute Gasteiger partial charge is 0.251 e. The van der Waals surface area contributed by atoms with Crippen LogP contribution in [0, 0.1) is 0 Å². The lowest BCUT2D eigenvalue weighted by Gasteiger charge is -2.13. The first-order chi connectivity index (χ1) is 14.7. The first-order valence-corrected chi connectivity index (χ1v) is 9.94. The molecule has 0 spiro atoms. The summed E-state index contributed by atoms with van der Waals surface area (Å²) in [7, 11) is 1.59. The lowest BCUT2D eigenvalue weighted by molar-refractivity contribution is 0.0954. The van der Waals surface area contributed by atoms with Crippen molar-refractivity contribution in [2.24, 2.45) is 4.99 Å². The van der Waals surface area contributed by atoms with Crippen molar-refractivity contribution >= 4 is 11.9 Å². The second-order valence-corrected chi connectivity index (χ2v) is 6.31. The average Bonchev–Trinajstić information content (AvgIpc) is 2.79. The van der Waals surface area contributed by atoms with Crippen LogP contribution in [0.3, 0.4) is 0 Å².